The molecule has 2 aromatic carbocycles. The van der Waals surface area contributed by atoms with Crippen LogP contribution in [0.1, 0.15) is 125 Å². The third-order valence-corrected chi connectivity index (χ3v) is 13.6. The number of rotatable bonds is 11. The first kappa shape index (κ1) is 42.4. The van der Waals surface area contributed by atoms with Crippen molar-refractivity contribution in [2.24, 2.45) is 11.8 Å². The molecule has 3 aliphatic heterocycles. The van der Waals surface area contributed by atoms with Gasteiger partial charge in [0.2, 0.25) is 11.8 Å². The van der Waals surface area contributed by atoms with Crippen molar-refractivity contribution in [3.63, 3.8) is 0 Å². The smallest absolute Gasteiger partial charge is 0.386 e. The number of halogens is 3. The molecule has 2 aromatic heterocycles. The third-order valence-electron chi connectivity index (χ3n) is 12.5. The van der Waals surface area contributed by atoms with Gasteiger partial charge < -0.3 is 20.6 Å². The number of thiazole rings is 1. The molecule has 1 atom stereocenters. The summed E-state index contributed by atoms with van der Waals surface area (Å²) in [4.78, 5) is 75.3. The van der Waals surface area contributed by atoms with Gasteiger partial charge in [-0.2, -0.15) is 13.2 Å². The number of aliphatic hydroxyl groups is 1. The fourth-order valence-electron chi connectivity index (χ4n) is 9.10. The second kappa shape index (κ2) is 16.9. The second-order valence-electron chi connectivity index (χ2n) is 17.2. The summed E-state index contributed by atoms with van der Waals surface area (Å²) in [7, 11) is 0. The van der Waals surface area contributed by atoms with Gasteiger partial charge in [-0.25, -0.2) is 9.97 Å². The first-order chi connectivity index (χ1) is 29.0. The third kappa shape index (κ3) is 9.19. The molecule has 1 aliphatic carbocycles. The van der Waals surface area contributed by atoms with Crippen LogP contribution in [0.2, 0.25) is 0 Å². The fraction of sp³-hybridized carbons (Fsp3) is 0.477. The number of amides is 5. The predicted octanol–water partition coefficient (Wildman–Crippen LogP) is 7.08. The Morgan fingerprint density at radius 3 is 2.34 bits per heavy atom. The van der Waals surface area contributed by atoms with Crippen LogP contribution in [0.25, 0.3) is 10.2 Å². The average Bonchev–Trinajstić information content (AvgIpc) is 3.75. The molecule has 322 valence electrons. The monoisotopic (exact) mass is 859 g/mol. The van der Waals surface area contributed by atoms with Crippen LogP contribution in [0, 0.1) is 11.8 Å². The number of carbonyl (C=O) groups is 5. The Morgan fingerprint density at radius 1 is 0.902 bits per heavy atom. The first-order valence-corrected chi connectivity index (χ1v) is 21.7. The summed E-state index contributed by atoms with van der Waals surface area (Å²) >= 11 is 1.54. The molecule has 0 radical (unpaired) electrons. The number of fused-ring (bicyclic) bond motifs is 2. The maximum Gasteiger partial charge on any atom is 0.433 e. The van der Waals surface area contributed by atoms with Crippen molar-refractivity contribution in [2.45, 2.75) is 95.4 Å². The highest BCUT2D eigenvalue weighted by Gasteiger charge is 2.44. The molecule has 61 heavy (non-hydrogen) atoms. The van der Waals surface area contributed by atoms with Crippen LogP contribution >= 0.6 is 11.3 Å². The van der Waals surface area contributed by atoms with E-state index in [1.165, 1.54) is 6.07 Å². The van der Waals surface area contributed by atoms with E-state index in [4.69, 9.17) is 4.98 Å². The number of nitrogens with zero attached hydrogens (tertiary/aromatic N) is 4. The van der Waals surface area contributed by atoms with Crippen LogP contribution in [0.5, 0.6) is 0 Å². The number of hydrogen-bond donors (Lipinski definition) is 4. The molecule has 5 amide bonds. The standard InChI is InChI=1S/C44H48F3N7O6S/c1-43(2,60)30-21-33-35(22-32(30)50-38(56)31-4-3-5-36(49-31)44(45,46)47)61-40(51-33)26-8-6-25(7-9-26)23-53-18-15-24(16-19-53)14-17-48-27-10-11-28-29(20-27)42(59)54(41(28)58)34-12-13-37(55)52-39(34)57/h3-5,10-11,20-22,24-26,34,48,60H,6-9,12-19,23H2,1-2H3,(H,50,56)(H,52,55,57)/t25-,26-,34?. The minimum absolute atomic E-state index is 0.0760. The minimum atomic E-state index is -4.69. The molecule has 4 N–H and O–H groups in total. The van der Waals surface area contributed by atoms with Gasteiger partial charge in [0.15, 0.2) is 0 Å². The largest absolute Gasteiger partial charge is 0.433 e. The Labute approximate surface area is 354 Å². The zero-order valence-corrected chi connectivity index (χ0v) is 34.8. The van der Waals surface area contributed by atoms with Crippen LogP contribution < -0.4 is 16.0 Å². The van der Waals surface area contributed by atoms with E-state index >= 15 is 0 Å². The number of anilines is 2. The number of hydrogen-bond acceptors (Lipinski definition) is 11. The molecule has 8 rings (SSSR count). The van der Waals surface area contributed by atoms with E-state index in [-0.39, 0.29) is 29.7 Å². The highest BCUT2D eigenvalue weighted by Crippen LogP contribution is 2.42. The number of piperidine rings is 2. The Morgan fingerprint density at radius 2 is 1.64 bits per heavy atom. The topological polar surface area (TPSA) is 174 Å². The van der Waals surface area contributed by atoms with Gasteiger partial charge in [0.25, 0.3) is 17.7 Å². The van der Waals surface area contributed by atoms with Crippen LogP contribution in [-0.4, -0.2) is 86.6 Å². The lowest BCUT2D eigenvalue weighted by Crippen LogP contribution is -2.54. The highest BCUT2D eigenvalue weighted by molar-refractivity contribution is 7.18. The summed E-state index contributed by atoms with van der Waals surface area (Å²) in [5.41, 5.74) is -0.252. The second-order valence-corrected chi connectivity index (χ2v) is 18.3. The lowest BCUT2D eigenvalue weighted by atomic mass is 9.81. The summed E-state index contributed by atoms with van der Waals surface area (Å²) in [6, 6.07) is 10.7. The van der Waals surface area contributed by atoms with Gasteiger partial charge in [0, 0.05) is 42.4 Å². The molecule has 1 unspecified atom stereocenters. The lowest BCUT2D eigenvalue weighted by Gasteiger charge is -2.36. The molecule has 0 bridgehead atoms. The Balaban J connectivity index is 0.798. The van der Waals surface area contributed by atoms with Crippen molar-refractivity contribution in [2.75, 3.05) is 36.8 Å². The number of imide groups is 2. The minimum Gasteiger partial charge on any atom is -0.386 e. The molecule has 3 fully saturated rings. The summed E-state index contributed by atoms with van der Waals surface area (Å²) in [6.45, 7) is 7.03. The maximum absolute atomic E-state index is 13.3. The van der Waals surface area contributed by atoms with Gasteiger partial charge in [-0.1, -0.05) is 6.07 Å². The Hall–Kier alpha value is -5.26. The van der Waals surface area contributed by atoms with Crippen molar-refractivity contribution in [3.8, 4) is 0 Å². The zero-order valence-electron chi connectivity index (χ0n) is 33.9. The number of aromatic nitrogens is 2. The predicted molar refractivity (Wildman–Crippen MR) is 222 cm³/mol. The van der Waals surface area contributed by atoms with Gasteiger partial charge in [-0.3, -0.25) is 34.2 Å². The summed E-state index contributed by atoms with van der Waals surface area (Å²) in [5.74, 6) is -1.42. The molecule has 5 heterocycles. The molecule has 4 aromatic rings. The molecule has 2 saturated heterocycles. The van der Waals surface area contributed by atoms with Crippen molar-refractivity contribution in [1.82, 2.24) is 25.1 Å². The lowest BCUT2D eigenvalue weighted by molar-refractivity contribution is -0.141. The summed E-state index contributed by atoms with van der Waals surface area (Å²) in [5, 5.41) is 20.3. The van der Waals surface area contributed by atoms with E-state index in [0.717, 1.165) is 104 Å². The number of alkyl halides is 3. The molecular weight excluding hydrogens is 812 g/mol. The van der Waals surface area contributed by atoms with Crippen molar-refractivity contribution in [1.29, 1.82) is 0 Å². The van der Waals surface area contributed by atoms with Gasteiger partial charge in [0.1, 0.15) is 17.4 Å². The van der Waals surface area contributed by atoms with E-state index in [9.17, 15) is 42.3 Å². The van der Waals surface area contributed by atoms with E-state index in [1.807, 2.05) is 0 Å². The van der Waals surface area contributed by atoms with Crippen LogP contribution in [0.4, 0.5) is 24.5 Å². The summed E-state index contributed by atoms with van der Waals surface area (Å²) < 4.78 is 40.6. The molecule has 1 saturated carbocycles. The highest BCUT2D eigenvalue weighted by atomic mass is 32.1. The van der Waals surface area contributed by atoms with E-state index in [2.05, 4.69) is 25.8 Å². The number of benzene rings is 2. The normalized spacial score (nSPS) is 21.8. The van der Waals surface area contributed by atoms with E-state index < -0.39 is 53.0 Å². The number of carbonyl (C=O) groups excluding carboxylic acids is 5. The van der Waals surface area contributed by atoms with Crippen LogP contribution in [-0.2, 0) is 21.4 Å². The Bertz CT molecular complexity index is 2380. The van der Waals surface area contributed by atoms with Crippen LogP contribution in [0.15, 0.2) is 48.5 Å². The summed E-state index contributed by atoms with van der Waals surface area (Å²) in [6.07, 6.45) is 2.88. The molecule has 4 aliphatic rings. The quantitative estimate of drug-likeness (QED) is 0.114. The van der Waals surface area contributed by atoms with E-state index in [1.54, 1.807) is 55.5 Å². The van der Waals surface area contributed by atoms with Gasteiger partial charge in [-0.15, -0.1) is 11.3 Å². The van der Waals surface area contributed by atoms with E-state index in [0.29, 0.717) is 34.5 Å². The molecule has 0 spiro atoms. The maximum atomic E-state index is 13.3. The zero-order chi connectivity index (χ0) is 43.2. The molecule has 13 nitrogen and oxygen atoms in total. The van der Waals surface area contributed by atoms with Crippen molar-refractivity contribution >= 4 is 62.5 Å². The number of nitrogens with one attached hydrogen (secondary N) is 3. The average molecular weight is 860 g/mol. The first-order valence-electron chi connectivity index (χ1n) is 20.9. The van der Waals surface area contributed by atoms with Crippen LogP contribution in [0.3, 0.4) is 0 Å². The SMILES string of the molecule is CC(C)(O)c1cc2nc([C@H]3CC[C@H](CN4CCC(CCNc5ccc6c(c5)C(=O)N(C5CCC(=O)NC5=O)C6=O)CC4)CC3)sc2cc1NC(=O)c1cccc(C(F)(F)F)n1. The fourth-order valence-corrected chi connectivity index (χ4v) is 10.3. The number of likely N-dealkylation sites (tertiary alicyclic amines) is 1. The molecular formula is C44H48F3N7O6S. The van der Waals surface area contributed by atoms with Gasteiger partial charge in [-0.05, 0) is 133 Å². The van der Waals surface area contributed by atoms with Crippen molar-refractivity contribution < 1.29 is 42.3 Å². The Kier molecular flexibility index (Phi) is 11.8. The number of pyridine rings is 1. The molecule has 17 heteroatoms. The van der Waals surface area contributed by atoms with Gasteiger partial charge >= 0.3 is 6.18 Å². The van der Waals surface area contributed by atoms with Gasteiger partial charge in [0.05, 0.1) is 32.0 Å². The van der Waals surface area contributed by atoms with Crippen molar-refractivity contribution in [3.05, 3.63) is 81.6 Å².